The molecule has 0 fully saturated rings. The Morgan fingerprint density at radius 2 is 2.00 bits per heavy atom. The van der Waals surface area contributed by atoms with Crippen molar-refractivity contribution in [2.75, 3.05) is 7.11 Å². The largest absolute Gasteiger partial charge is 0.496 e. The van der Waals surface area contributed by atoms with Crippen LogP contribution in [-0.2, 0) is 0 Å². The average Bonchev–Trinajstić information content (AvgIpc) is 2.89. The molecule has 3 nitrogen and oxygen atoms in total. The van der Waals surface area contributed by atoms with Gasteiger partial charge >= 0.3 is 0 Å². The second kappa shape index (κ2) is 5.02. The number of furan rings is 1. The fraction of sp³-hybridized carbons (Fsp3) is 0.0625. The molecular weight excluding hydrogens is 276 g/mol. The number of fused-ring (bicyclic) bond motifs is 1. The van der Waals surface area contributed by atoms with E-state index in [-0.39, 0.29) is 0 Å². The lowest BCUT2D eigenvalue weighted by Gasteiger charge is -2.04. The van der Waals surface area contributed by atoms with Crippen LogP contribution in [0.3, 0.4) is 0 Å². The average molecular weight is 287 g/mol. The van der Waals surface area contributed by atoms with Gasteiger partial charge in [0.25, 0.3) is 0 Å². The van der Waals surface area contributed by atoms with Crippen LogP contribution in [0.25, 0.3) is 22.3 Å². The van der Waals surface area contributed by atoms with E-state index in [2.05, 4.69) is 0 Å². The summed E-state index contributed by atoms with van der Waals surface area (Å²) in [5.74, 6) is 1.23. The fourth-order valence-corrected chi connectivity index (χ4v) is 2.32. The molecule has 0 N–H and O–H groups in total. The molecule has 1 aromatic heterocycles. The Bertz CT molecular complexity index is 790. The summed E-state index contributed by atoms with van der Waals surface area (Å²) in [5, 5.41) is 1.59. The zero-order valence-electron chi connectivity index (χ0n) is 10.7. The fourth-order valence-electron chi connectivity index (χ4n) is 2.14. The van der Waals surface area contributed by atoms with E-state index in [0.29, 0.717) is 22.1 Å². The summed E-state index contributed by atoms with van der Waals surface area (Å²) in [4.78, 5) is 11.1. The zero-order valence-corrected chi connectivity index (χ0v) is 11.5. The molecule has 20 heavy (non-hydrogen) atoms. The van der Waals surface area contributed by atoms with Crippen LogP contribution in [0.15, 0.2) is 46.9 Å². The van der Waals surface area contributed by atoms with Crippen molar-refractivity contribution >= 4 is 28.9 Å². The van der Waals surface area contributed by atoms with Crippen LogP contribution in [0.4, 0.5) is 0 Å². The van der Waals surface area contributed by atoms with E-state index in [1.807, 2.05) is 24.3 Å². The van der Waals surface area contributed by atoms with E-state index < -0.39 is 0 Å². The molecule has 0 aliphatic heterocycles. The van der Waals surface area contributed by atoms with Crippen LogP contribution in [0.2, 0.25) is 5.02 Å². The minimum absolute atomic E-state index is 0.489. The van der Waals surface area contributed by atoms with Gasteiger partial charge in [0.2, 0.25) is 0 Å². The van der Waals surface area contributed by atoms with E-state index in [1.54, 1.807) is 18.2 Å². The molecule has 3 aromatic rings. The van der Waals surface area contributed by atoms with Crippen molar-refractivity contribution in [3.05, 3.63) is 53.1 Å². The Hall–Kier alpha value is -2.26. The minimum Gasteiger partial charge on any atom is -0.496 e. The Labute approximate surface area is 120 Å². The van der Waals surface area contributed by atoms with Crippen molar-refractivity contribution in [2.24, 2.45) is 0 Å². The lowest BCUT2D eigenvalue weighted by Crippen LogP contribution is -1.90. The highest BCUT2D eigenvalue weighted by atomic mass is 35.5. The SMILES string of the molecule is COc1ccc(-c2cc3cc(Cl)ccc3o2)cc1C=O. The molecule has 0 saturated heterocycles. The van der Waals surface area contributed by atoms with E-state index >= 15 is 0 Å². The number of benzene rings is 2. The molecule has 0 saturated carbocycles. The highest BCUT2D eigenvalue weighted by Crippen LogP contribution is 2.31. The molecule has 4 heteroatoms. The summed E-state index contributed by atoms with van der Waals surface area (Å²) >= 11 is 5.96. The Morgan fingerprint density at radius 1 is 1.15 bits per heavy atom. The van der Waals surface area contributed by atoms with Crippen molar-refractivity contribution in [2.45, 2.75) is 0 Å². The van der Waals surface area contributed by atoms with Gasteiger partial charge in [0.05, 0.1) is 12.7 Å². The van der Waals surface area contributed by atoms with Crippen LogP contribution in [0, 0.1) is 0 Å². The number of carbonyl (C=O) groups is 1. The van der Waals surface area contributed by atoms with Gasteiger partial charge in [-0.05, 0) is 42.5 Å². The van der Waals surface area contributed by atoms with Gasteiger partial charge in [-0.2, -0.15) is 0 Å². The first-order chi connectivity index (χ1) is 9.71. The third kappa shape index (κ3) is 2.17. The smallest absolute Gasteiger partial charge is 0.153 e. The van der Waals surface area contributed by atoms with E-state index in [0.717, 1.165) is 22.8 Å². The summed E-state index contributed by atoms with van der Waals surface area (Å²) < 4.78 is 10.9. The van der Waals surface area contributed by atoms with E-state index in [1.165, 1.54) is 7.11 Å². The normalized spacial score (nSPS) is 10.7. The standard InChI is InChI=1S/C16H11ClO3/c1-19-14-4-2-10(6-12(14)9-18)16-8-11-7-13(17)3-5-15(11)20-16/h2-9H,1H3. The molecule has 1 heterocycles. The third-order valence-corrected chi connectivity index (χ3v) is 3.35. The predicted octanol–water partition coefficient (Wildman–Crippen LogP) is 4.57. The van der Waals surface area contributed by atoms with Gasteiger partial charge in [-0.3, -0.25) is 4.79 Å². The number of rotatable bonds is 3. The maximum atomic E-state index is 11.1. The first-order valence-electron chi connectivity index (χ1n) is 6.04. The van der Waals surface area contributed by atoms with Crippen molar-refractivity contribution in [1.82, 2.24) is 0 Å². The topological polar surface area (TPSA) is 39.4 Å². The zero-order chi connectivity index (χ0) is 14.1. The highest BCUT2D eigenvalue weighted by molar-refractivity contribution is 6.31. The molecule has 0 amide bonds. The molecule has 0 aliphatic rings. The summed E-state index contributed by atoms with van der Waals surface area (Å²) in [7, 11) is 1.53. The van der Waals surface area contributed by atoms with Gasteiger partial charge in [-0.15, -0.1) is 0 Å². The van der Waals surface area contributed by atoms with E-state index in [4.69, 9.17) is 20.8 Å². The number of carbonyl (C=O) groups excluding carboxylic acids is 1. The molecule has 0 unspecified atom stereocenters. The molecular formula is C16H11ClO3. The Kier molecular flexibility index (Phi) is 3.20. The van der Waals surface area contributed by atoms with Gasteiger partial charge < -0.3 is 9.15 Å². The number of halogens is 1. The summed E-state index contributed by atoms with van der Waals surface area (Å²) in [6, 6.07) is 12.7. The third-order valence-electron chi connectivity index (χ3n) is 3.12. The van der Waals surface area contributed by atoms with Crippen molar-refractivity contribution in [1.29, 1.82) is 0 Å². The number of ether oxygens (including phenoxy) is 1. The van der Waals surface area contributed by atoms with Crippen molar-refractivity contribution in [3.8, 4) is 17.1 Å². The number of hydrogen-bond donors (Lipinski definition) is 0. The summed E-state index contributed by atoms with van der Waals surface area (Å²) in [6.07, 6.45) is 0.766. The van der Waals surface area contributed by atoms with Gasteiger partial charge in [0, 0.05) is 16.0 Å². The second-order valence-electron chi connectivity index (χ2n) is 4.37. The van der Waals surface area contributed by atoms with Gasteiger partial charge in [-0.1, -0.05) is 11.6 Å². The van der Waals surface area contributed by atoms with Crippen LogP contribution in [0.1, 0.15) is 10.4 Å². The molecule has 0 spiro atoms. The molecule has 0 radical (unpaired) electrons. The van der Waals surface area contributed by atoms with Crippen LogP contribution in [0.5, 0.6) is 5.75 Å². The number of hydrogen-bond acceptors (Lipinski definition) is 3. The number of methoxy groups -OCH3 is 1. The van der Waals surface area contributed by atoms with Crippen LogP contribution in [-0.4, -0.2) is 13.4 Å². The Balaban J connectivity index is 2.12. The van der Waals surface area contributed by atoms with Gasteiger partial charge in [0.15, 0.2) is 6.29 Å². The second-order valence-corrected chi connectivity index (χ2v) is 4.80. The minimum atomic E-state index is 0.489. The molecule has 0 atom stereocenters. The van der Waals surface area contributed by atoms with E-state index in [9.17, 15) is 4.79 Å². The quantitative estimate of drug-likeness (QED) is 0.662. The first-order valence-corrected chi connectivity index (χ1v) is 6.42. The number of aldehydes is 1. The van der Waals surface area contributed by atoms with Gasteiger partial charge in [-0.25, -0.2) is 0 Å². The monoisotopic (exact) mass is 286 g/mol. The van der Waals surface area contributed by atoms with Crippen LogP contribution >= 0.6 is 11.6 Å². The molecule has 100 valence electrons. The van der Waals surface area contributed by atoms with Crippen LogP contribution < -0.4 is 4.74 Å². The lowest BCUT2D eigenvalue weighted by molar-refractivity contribution is 0.112. The Morgan fingerprint density at radius 3 is 2.75 bits per heavy atom. The summed E-state index contributed by atoms with van der Waals surface area (Å²) in [5.41, 5.74) is 2.07. The predicted molar refractivity (Wildman–Crippen MR) is 78.6 cm³/mol. The molecule has 3 rings (SSSR count). The molecule has 0 aliphatic carbocycles. The summed E-state index contributed by atoms with van der Waals surface area (Å²) in [6.45, 7) is 0. The lowest BCUT2D eigenvalue weighted by atomic mass is 10.1. The van der Waals surface area contributed by atoms with Crippen molar-refractivity contribution < 1.29 is 13.9 Å². The molecule has 0 bridgehead atoms. The maximum absolute atomic E-state index is 11.1. The van der Waals surface area contributed by atoms with Gasteiger partial charge in [0.1, 0.15) is 17.1 Å². The molecule has 2 aromatic carbocycles. The maximum Gasteiger partial charge on any atom is 0.153 e. The highest BCUT2D eigenvalue weighted by Gasteiger charge is 2.10. The van der Waals surface area contributed by atoms with Crippen molar-refractivity contribution in [3.63, 3.8) is 0 Å². The first kappa shape index (κ1) is 12.8.